The number of methoxy groups -OCH3 is 1. The summed E-state index contributed by atoms with van der Waals surface area (Å²) in [7, 11) is 1.37. The Labute approximate surface area is 114 Å². The van der Waals surface area contributed by atoms with Crippen molar-refractivity contribution >= 4 is 34.8 Å². The largest absolute Gasteiger partial charge is 0.469 e. The van der Waals surface area contributed by atoms with E-state index in [9.17, 15) is 9.59 Å². The molecule has 0 aliphatic carbocycles. The van der Waals surface area contributed by atoms with Crippen LogP contribution in [0.25, 0.3) is 0 Å². The number of carbonyl (C=O) groups excluding carboxylic acids is 2. The molecule has 1 aromatic rings. The summed E-state index contributed by atoms with van der Waals surface area (Å²) in [6.07, 6.45) is 1.59. The van der Waals surface area contributed by atoms with Gasteiger partial charge in [0, 0.05) is 13.1 Å². The topological polar surface area (TPSA) is 46.6 Å². The zero-order chi connectivity index (χ0) is 13.1. The normalized spacial score (nSPS) is 19.7. The number of halogens is 1. The zero-order valence-electron chi connectivity index (χ0n) is 10.0. The molecule has 1 aromatic heterocycles. The lowest BCUT2D eigenvalue weighted by Gasteiger charge is -2.31. The second-order valence-corrected chi connectivity index (χ2v) is 5.53. The van der Waals surface area contributed by atoms with Crippen molar-refractivity contribution in [1.29, 1.82) is 0 Å². The summed E-state index contributed by atoms with van der Waals surface area (Å²) in [6, 6.07) is 1.71. The predicted molar refractivity (Wildman–Crippen MR) is 70.0 cm³/mol. The van der Waals surface area contributed by atoms with Gasteiger partial charge >= 0.3 is 5.97 Å². The number of rotatable bonds is 2. The number of amides is 1. The molecule has 2 heterocycles. The molecule has 0 unspecified atom stereocenters. The van der Waals surface area contributed by atoms with Crippen molar-refractivity contribution in [2.45, 2.75) is 12.8 Å². The molecule has 1 atom stereocenters. The van der Waals surface area contributed by atoms with Gasteiger partial charge in [0.2, 0.25) is 0 Å². The highest BCUT2D eigenvalue weighted by molar-refractivity contribution is 7.12. The third-order valence-electron chi connectivity index (χ3n) is 3.05. The van der Waals surface area contributed by atoms with Crippen molar-refractivity contribution in [2.24, 2.45) is 5.92 Å². The van der Waals surface area contributed by atoms with Gasteiger partial charge in [-0.3, -0.25) is 9.59 Å². The summed E-state index contributed by atoms with van der Waals surface area (Å²) in [5.41, 5.74) is 0. The molecule has 2 rings (SSSR count). The van der Waals surface area contributed by atoms with Crippen LogP contribution in [0.5, 0.6) is 0 Å². The standard InChI is InChI=1S/C12H14ClNO3S/c1-17-12(16)8-3-2-5-14(7-8)11(15)10-9(13)4-6-18-10/h4,6,8H,2-3,5,7H2,1H3/t8-/m0/s1. The van der Waals surface area contributed by atoms with Crippen molar-refractivity contribution in [1.82, 2.24) is 4.90 Å². The predicted octanol–water partition coefficient (Wildman–Crippen LogP) is 2.43. The van der Waals surface area contributed by atoms with Crippen molar-refractivity contribution in [3.63, 3.8) is 0 Å². The van der Waals surface area contributed by atoms with Gasteiger partial charge in [-0.05, 0) is 24.3 Å². The molecule has 0 saturated carbocycles. The molecular weight excluding hydrogens is 274 g/mol. The number of hydrogen-bond acceptors (Lipinski definition) is 4. The maximum atomic E-state index is 12.2. The average Bonchev–Trinajstić information content (AvgIpc) is 2.83. The Hall–Kier alpha value is -1.07. The Morgan fingerprint density at radius 3 is 2.94 bits per heavy atom. The first-order valence-electron chi connectivity index (χ1n) is 5.73. The summed E-state index contributed by atoms with van der Waals surface area (Å²) in [5, 5.41) is 2.27. The second-order valence-electron chi connectivity index (χ2n) is 4.21. The van der Waals surface area contributed by atoms with E-state index in [4.69, 9.17) is 16.3 Å². The molecule has 0 bridgehead atoms. The zero-order valence-corrected chi connectivity index (χ0v) is 11.6. The number of thiophene rings is 1. The van der Waals surface area contributed by atoms with E-state index in [0.29, 0.717) is 23.0 Å². The molecule has 18 heavy (non-hydrogen) atoms. The SMILES string of the molecule is COC(=O)[C@H]1CCCN(C(=O)c2sccc2Cl)C1. The number of esters is 1. The van der Waals surface area contributed by atoms with Gasteiger partial charge in [0.15, 0.2) is 0 Å². The van der Waals surface area contributed by atoms with E-state index in [1.165, 1.54) is 18.4 Å². The van der Waals surface area contributed by atoms with Crippen LogP contribution in [0, 0.1) is 5.92 Å². The highest BCUT2D eigenvalue weighted by Gasteiger charge is 2.30. The van der Waals surface area contributed by atoms with Crippen molar-refractivity contribution < 1.29 is 14.3 Å². The summed E-state index contributed by atoms with van der Waals surface area (Å²) in [6.45, 7) is 1.08. The lowest BCUT2D eigenvalue weighted by atomic mass is 9.98. The molecule has 0 N–H and O–H groups in total. The highest BCUT2D eigenvalue weighted by atomic mass is 35.5. The van der Waals surface area contributed by atoms with Crippen LogP contribution in [0.3, 0.4) is 0 Å². The van der Waals surface area contributed by atoms with Crippen LogP contribution in [0.1, 0.15) is 22.5 Å². The average molecular weight is 288 g/mol. The minimum atomic E-state index is -0.246. The van der Waals surface area contributed by atoms with Gasteiger partial charge in [0.05, 0.1) is 18.1 Å². The fraction of sp³-hybridized carbons (Fsp3) is 0.500. The number of ether oxygens (including phenoxy) is 1. The molecule has 1 fully saturated rings. The minimum absolute atomic E-state index is 0.0939. The van der Waals surface area contributed by atoms with E-state index in [-0.39, 0.29) is 17.8 Å². The molecule has 1 amide bonds. The molecule has 1 aliphatic rings. The molecule has 6 heteroatoms. The lowest BCUT2D eigenvalue weighted by molar-refractivity contribution is -0.146. The number of carbonyl (C=O) groups is 2. The van der Waals surface area contributed by atoms with Gasteiger partial charge in [0.1, 0.15) is 4.88 Å². The lowest BCUT2D eigenvalue weighted by Crippen LogP contribution is -2.42. The van der Waals surface area contributed by atoms with Crippen LogP contribution in [0.2, 0.25) is 5.02 Å². The van der Waals surface area contributed by atoms with Gasteiger partial charge in [-0.15, -0.1) is 11.3 Å². The Kier molecular flexibility index (Phi) is 4.24. The monoisotopic (exact) mass is 287 g/mol. The Morgan fingerprint density at radius 1 is 1.56 bits per heavy atom. The summed E-state index contributed by atoms with van der Waals surface area (Å²) in [4.78, 5) is 26.0. The number of likely N-dealkylation sites (tertiary alicyclic amines) is 1. The van der Waals surface area contributed by atoms with Crippen molar-refractivity contribution in [3.8, 4) is 0 Å². The van der Waals surface area contributed by atoms with Crippen molar-refractivity contribution in [3.05, 3.63) is 21.3 Å². The Morgan fingerprint density at radius 2 is 2.33 bits per heavy atom. The quantitative estimate of drug-likeness (QED) is 0.785. The molecule has 0 radical (unpaired) electrons. The van der Waals surface area contributed by atoms with Crippen LogP contribution < -0.4 is 0 Å². The summed E-state index contributed by atoms with van der Waals surface area (Å²) < 4.78 is 4.73. The van der Waals surface area contributed by atoms with Gasteiger partial charge in [-0.25, -0.2) is 0 Å². The van der Waals surface area contributed by atoms with E-state index in [1.807, 2.05) is 0 Å². The van der Waals surface area contributed by atoms with Crippen LogP contribution in [0.15, 0.2) is 11.4 Å². The molecular formula is C12H14ClNO3S. The van der Waals surface area contributed by atoms with Gasteiger partial charge in [-0.2, -0.15) is 0 Å². The van der Waals surface area contributed by atoms with E-state index >= 15 is 0 Å². The summed E-state index contributed by atoms with van der Waals surface area (Å²) >= 11 is 7.28. The Balaban J connectivity index is 2.07. The highest BCUT2D eigenvalue weighted by Crippen LogP contribution is 2.26. The first-order chi connectivity index (χ1) is 8.63. The first-order valence-corrected chi connectivity index (χ1v) is 6.99. The number of nitrogens with zero attached hydrogens (tertiary/aromatic N) is 1. The third kappa shape index (κ3) is 2.67. The fourth-order valence-corrected chi connectivity index (χ4v) is 3.21. The van der Waals surface area contributed by atoms with E-state index < -0.39 is 0 Å². The molecule has 4 nitrogen and oxygen atoms in total. The molecule has 1 saturated heterocycles. The number of piperidine rings is 1. The van der Waals surface area contributed by atoms with Crippen molar-refractivity contribution in [2.75, 3.05) is 20.2 Å². The smallest absolute Gasteiger partial charge is 0.310 e. The van der Waals surface area contributed by atoms with Gasteiger partial charge < -0.3 is 9.64 Å². The van der Waals surface area contributed by atoms with Crippen LogP contribution >= 0.6 is 22.9 Å². The summed E-state index contributed by atoms with van der Waals surface area (Å²) in [5.74, 6) is -0.556. The van der Waals surface area contributed by atoms with E-state index in [0.717, 1.165) is 12.8 Å². The Bertz CT molecular complexity index is 460. The van der Waals surface area contributed by atoms with Crippen LogP contribution in [-0.4, -0.2) is 37.0 Å². The number of hydrogen-bond donors (Lipinski definition) is 0. The van der Waals surface area contributed by atoms with Crippen LogP contribution in [0.4, 0.5) is 0 Å². The van der Waals surface area contributed by atoms with Gasteiger partial charge in [0.25, 0.3) is 5.91 Å². The molecule has 98 valence electrons. The van der Waals surface area contributed by atoms with Gasteiger partial charge in [-0.1, -0.05) is 11.6 Å². The maximum Gasteiger partial charge on any atom is 0.310 e. The maximum absolute atomic E-state index is 12.2. The third-order valence-corrected chi connectivity index (χ3v) is 4.38. The second kappa shape index (κ2) is 5.71. The molecule has 1 aliphatic heterocycles. The minimum Gasteiger partial charge on any atom is -0.469 e. The van der Waals surface area contributed by atoms with E-state index in [1.54, 1.807) is 16.3 Å². The molecule has 0 aromatic carbocycles. The molecule has 0 spiro atoms. The van der Waals surface area contributed by atoms with E-state index in [2.05, 4.69) is 0 Å². The van der Waals surface area contributed by atoms with Crippen LogP contribution in [-0.2, 0) is 9.53 Å². The fourth-order valence-electron chi connectivity index (χ4n) is 2.11. The first kappa shape index (κ1) is 13.4.